The quantitative estimate of drug-likeness (QED) is 0.381. The minimum absolute atomic E-state index is 0.214. The molecule has 5 rings (SSSR count). The summed E-state index contributed by atoms with van der Waals surface area (Å²) in [6.45, 7) is 0. The summed E-state index contributed by atoms with van der Waals surface area (Å²) in [7, 11) is 1.29. The number of hydrogen-bond acceptors (Lipinski definition) is 8. The second-order valence-electron chi connectivity index (χ2n) is 7.51. The van der Waals surface area contributed by atoms with E-state index in [4.69, 9.17) is 4.74 Å². The molecule has 0 atom stereocenters. The van der Waals surface area contributed by atoms with Crippen molar-refractivity contribution in [3.63, 3.8) is 0 Å². The molecule has 4 aromatic heterocycles. The van der Waals surface area contributed by atoms with Crippen LogP contribution in [0.5, 0.6) is 0 Å². The van der Waals surface area contributed by atoms with Crippen LogP contribution >= 0.6 is 11.8 Å². The van der Waals surface area contributed by atoms with Gasteiger partial charge in [0.05, 0.1) is 18.0 Å². The van der Waals surface area contributed by atoms with Crippen LogP contribution < -0.4 is 5.56 Å². The Bertz CT molecular complexity index is 1350. The van der Waals surface area contributed by atoms with Gasteiger partial charge in [-0.25, -0.2) is 9.78 Å². The van der Waals surface area contributed by atoms with Gasteiger partial charge in [-0.2, -0.15) is 14.6 Å². The predicted octanol–water partition coefficient (Wildman–Crippen LogP) is 2.71. The molecular weight excluding hydrogens is 418 g/mol. The molecule has 0 radical (unpaired) electrons. The number of aromatic amines is 1. The molecule has 160 valence electrons. The van der Waals surface area contributed by atoms with E-state index in [-0.39, 0.29) is 16.9 Å². The number of methoxy groups -OCH3 is 1. The summed E-state index contributed by atoms with van der Waals surface area (Å²) in [4.78, 5) is 34.6. The molecule has 0 aromatic carbocycles. The summed E-state index contributed by atoms with van der Waals surface area (Å²) in [5.74, 6) is 1.29. The Balaban J connectivity index is 1.66. The third kappa shape index (κ3) is 3.19. The van der Waals surface area contributed by atoms with Crippen molar-refractivity contribution < 1.29 is 9.53 Å². The Labute approximate surface area is 181 Å². The maximum atomic E-state index is 13.3. The summed E-state index contributed by atoms with van der Waals surface area (Å²) < 4.78 is 7.85. The molecule has 1 N–H and O–H groups in total. The number of nitrogens with one attached hydrogen (secondary N) is 1. The first kappa shape index (κ1) is 19.7. The number of H-pyrrole nitrogens is 1. The molecule has 0 spiro atoms. The van der Waals surface area contributed by atoms with E-state index in [0.717, 1.165) is 18.7 Å². The van der Waals surface area contributed by atoms with Gasteiger partial charge in [-0.1, -0.05) is 19.3 Å². The van der Waals surface area contributed by atoms with Crippen molar-refractivity contribution in [1.82, 2.24) is 34.3 Å². The number of carbonyl (C=O) groups is 1. The SMILES string of the molecule is COC(=O)c1c(SC)n[nH]c1-n1ccc2c(cnc3nc(C4CCCCC4)nn32)c1=O. The van der Waals surface area contributed by atoms with Crippen LogP contribution in [0.4, 0.5) is 0 Å². The maximum absolute atomic E-state index is 13.3. The molecule has 1 fully saturated rings. The number of esters is 1. The van der Waals surface area contributed by atoms with Crippen LogP contribution in [0, 0.1) is 0 Å². The summed E-state index contributed by atoms with van der Waals surface area (Å²) in [5, 5.41) is 12.4. The molecule has 4 heterocycles. The van der Waals surface area contributed by atoms with Crippen molar-refractivity contribution in [2.45, 2.75) is 43.0 Å². The third-order valence-corrected chi connectivity index (χ3v) is 6.44. The Morgan fingerprint density at radius 1 is 1.29 bits per heavy atom. The van der Waals surface area contributed by atoms with Gasteiger partial charge in [0, 0.05) is 18.3 Å². The summed E-state index contributed by atoms with van der Waals surface area (Å²) in [6.07, 6.45) is 10.7. The molecule has 1 saturated carbocycles. The lowest BCUT2D eigenvalue weighted by atomic mass is 9.89. The van der Waals surface area contributed by atoms with Crippen LogP contribution in [-0.2, 0) is 4.74 Å². The van der Waals surface area contributed by atoms with Gasteiger partial charge in [-0.3, -0.25) is 14.5 Å². The van der Waals surface area contributed by atoms with E-state index in [1.54, 1.807) is 23.0 Å². The standard InChI is InChI=1S/C20H21N7O3S/c1-30-19(29)14-16(23-24-17(14)31-2)26-9-8-13-12(18(26)28)10-21-20-22-15(25-27(13)20)11-6-4-3-5-7-11/h8-11H,3-7H2,1-2H3,(H,23,24). The molecule has 4 aromatic rings. The highest BCUT2D eigenvalue weighted by Crippen LogP contribution is 2.31. The summed E-state index contributed by atoms with van der Waals surface area (Å²) in [5.41, 5.74) is 0.485. The van der Waals surface area contributed by atoms with Crippen LogP contribution in [0.15, 0.2) is 28.3 Å². The first-order valence-corrected chi connectivity index (χ1v) is 11.3. The normalized spacial score (nSPS) is 15.0. The maximum Gasteiger partial charge on any atom is 0.344 e. The van der Waals surface area contributed by atoms with Crippen LogP contribution in [0.25, 0.3) is 22.5 Å². The van der Waals surface area contributed by atoms with Crippen molar-refractivity contribution in [2.24, 2.45) is 0 Å². The average Bonchev–Trinajstić information content (AvgIpc) is 3.44. The van der Waals surface area contributed by atoms with Gasteiger partial charge in [0.25, 0.3) is 11.3 Å². The smallest absolute Gasteiger partial charge is 0.344 e. The van der Waals surface area contributed by atoms with Crippen molar-refractivity contribution in [3.8, 4) is 5.82 Å². The lowest BCUT2D eigenvalue weighted by molar-refractivity contribution is 0.0597. The Morgan fingerprint density at radius 3 is 2.84 bits per heavy atom. The largest absolute Gasteiger partial charge is 0.465 e. The molecule has 0 amide bonds. The lowest BCUT2D eigenvalue weighted by Crippen LogP contribution is -2.21. The molecular formula is C20H21N7O3S. The Hall–Kier alpha value is -3.21. The number of pyridine rings is 1. The van der Waals surface area contributed by atoms with Crippen LogP contribution in [0.1, 0.15) is 54.2 Å². The van der Waals surface area contributed by atoms with Gasteiger partial charge >= 0.3 is 5.97 Å². The topological polar surface area (TPSA) is 120 Å². The van der Waals surface area contributed by atoms with Gasteiger partial charge in [0.15, 0.2) is 11.6 Å². The molecule has 0 aliphatic heterocycles. The first-order chi connectivity index (χ1) is 15.1. The molecule has 10 nitrogen and oxygen atoms in total. The monoisotopic (exact) mass is 439 g/mol. The minimum atomic E-state index is -0.568. The lowest BCUT2D eigenvalue weighted by Gasteiger charge is -2.17. The van der Waals surface area contributed by atoms with Gasteiger partial charge in [0.1, 0.15) is 10.6 Å². The van der Waals surface area contributed by atoms with E-state index >= 15 is 0 Å². The number of fused-ring (bicyclic) bond motifs is 3. The van der Waals surface area contributed by atoms with Gasteiger partial charge in [0.2, 0.25) is 0 Å². The van der Waals surface area contributed by atoms with Crippen molar-refractivity contribution in [1.29, 1.82) is 0 Å². The highest BCUT2D eigenvalue weighted by atomic mass is 32.2. The van der Waals surface area contributed by atoms with Crippen molar-refractivity contribution in [2.75, 3.05) is 13.4 Å². The predicted molar refractivity (Wildman–Crippen MR) is 115 cm³/mol. The first-order valence-electron chi connectivity index (χ1n) is 10.1. The van der Waals surface area contributed by atoms with Crippen LogP contribution in [0.2, 0.25) is 0 Å². The van der Waals surface area contributed by atoms with Crippen LogP contribution in [-0.4, -0.2) is 53.7 Å². The average molecular weight is 440 g/mol. The second kappa shape index (κ2) is 7.80. The minimum Gasteiger partial charge on any atom is -0.465 e. The number of rotatable bonds is 4. The number of aromatic nitrogens is 7. The number of thioether (sulfide) groups is 1. The molecule has 0 bridgehead atoms. The van der Waals surface area contributed by atoms with Gasteiger partial charge in [-0.05, 0) is 25.2 Å². The van der Waals surface area contributed by atoms with E-state index in [1.165, 1.54) is 48.9 Å². The molecule has 31 heavy (non-hydrogen) atoms. The fourth-order valence-electron chi connectivity index (χ4n) is 4.17. The van der Waals surface area contributed by atoms with E-state index in [1.807, 2.05) is 0 Å². The summed E-state index contributed by atoms with van der Waals surface area (Å²) >= 11 is 1.29. The van der Waals surface area contributed by atoms with Gasteiger partial charge < -0.3 is 4.74 Å². The van der Waals surface area contributed by atoms with E-state index in [9.17, 15) is 9.59 Å². The van der Waals surface area contributed by atoms with E-state index in [2.05, 4.69) is 25.3 Å². The summed E-state index contributed by atoms with van der Waals surface area (Å²) in [6, 6.07) is 1.77. The number of carbonyl (C=O) groups excluding carboxylic acids is 1. The Kier molecular flexibility index (Phi) is 4.97. The van der Waals surface area contributed by atoms with Crippen LogP contribution in [0.3, 0.4) is 0 Å². The second-order valence-corrected chi connectivity index (χ2v) is 8.31. The fraction of sp³-hybridized carbons (Fsp3) is 0.400. The molecule has 0 saturated heterocycles. The Morgan fingerprint density at radius 2 is 2.10 bits per heavy atom. The molecule has 1 aliphatic carbocycles. The highest BCUT2D eigenvalue weighted by molar-refractivity contribution is 7.98. The zero-order valence-corrected chi connectivity index (χ0v) is 18.0. The molecule has 1 aliphatic rings. The zero-order chi connectivity index (χ0) is 21.5. The van der Waals surface area contributed by atoms with E-state index in [0.29, 0.717) is 27.6 Å². The van der Waals surface area contributed by atoms with Crippen molar-refractivity contribution in [3.05, 3.63) is 40.2 Å². The van der Waals surface area contributed by atoms with Gasteiger partial charge in [-0.15, -0.1) is 16.9 Å². The highest BCUT2D eigenvalue weighted by Gasteiger charge is 2.24. The van der Waals surface area contributed by atoms with E-state index < -0.39 is 5.97 Å². The third-order valence-electron chi connectivity index (χ3n) is 5.76. The van der Waals surface area contributed by atoms with Crippen molar-refractivity contribution >= 4 is 34.4 Å². The fourth-order valence-corrected chi connectivity index (χ4v) is 4.69. The number of ether oxygens (including phenoxy) is 1. The number of nitrogens with zero attached hydrogens (tertiary/aromatic N) is 6. The molecule has 11 heteroatoms. The zero-order valence-electron chi connectivity index (χ0n) is 17.2. The number of hydrogen-bond donors (Lipinski definition) is 1. The molecule has 0 unspecified atom stereocenters.